The molecule has 0 aliphatic carbocycles. The standard InChI is InChI=1S/C28H24ClF2N5O2S/c1-17(19-7-10-22(29)11-8-19)27-15-32-34-36(27)26-14-21(20-5-4-6-23(13-20)39(3,37)38)9-12-25(26)35-16-24(28(30)31)33-18(35)2/h4-17,28H,1-3H3. The van der Waals surface area contributed by atoms with E-state index in [1.807, 2.05) is 43.3 Å². The Labute approximate surface area is 229 Å². The van der Waals surface area contributed by atoms with Gasteiger partial charge in [0.05, 0.1) is 28.2 Å². The van der Waals surface area contributed by atoms with Crippen LogP contribution in [0.15, 0.2) is 84.0 Å². The Hall–Kier alpha value is -3.89. The lowest BCUT2D eigenvalue weighted by Gasteiger charge is -2.18. The molecular formula is C28H24ClF2N5O2S. The van der Waals surface area contributed by atoms with E-state index in [9.17, 15) is 17.2 Å². The molecular weight excluding hydrogens is 544 g/mol. The van der Waals surface area contributed by atoms with Gasteiger partial charge in [0.15, 0.2) is 9.84 Å². The Kier molecular flexibility index (Phi) is 7.09. The van der Waals surface area contributed by atoms with Crippen LogP contribution in [0.1, 0.15) is 42.0 Å². The molecule has 11 heteroatoms. The largest absolute Gasteiger partial charge is 0.301 e. The zero-order valence-corrected chi connectivity index (χ0v) is 22.8. The summed E-state index contributed by atoms with van der Waals surface area (Å²) in [5.41, 5.74) is 3.92. The van der Waals surface area contributed by atoms with Crippen molar-refractivity contribution in [3.05, 3.63) is 107 Å². The normalized spacial score (nSPS) is 12.7. The summed E-state index contributed by atoms with van der Waals surface area (Å²) in [6, 6.07) is 19.5. The average molecular weight is 568 g/mol. The highest BCUT2D eigenvalue weighted by atomic mass is 35.5. The summed E-state index contributed by atoms with van der Waals surface area (Å²) in [4.78, 5) is 4.22. The summed E-state index contributed by atoms with van der Waals surface area (Å²) < 4.78 is 54.6. The predicted octanol–water partition coefficient (Wildman–Crippen LogP) is 6.57. The van der Waals surface area contributed by atoms with E-state index >= 15 is 0 Å². The average Bonchev–Trinajstić information content (AvgIpc) is 3.55. The highest BCUT2D eigenvalue weighted by molar-refractivity contribution is 7.90. The van der Waals surface area contributed by atoms with E-state index < -0.39 is 16.3 Å². The minimum absolute atomic E-state index is 0.136. The molecule has 0 radical (unpaired) electrons. The Bertz CT molecular complexity index is 1770. The molecule has 0 saturated heterocycles. The van der Waals surface area contributed by atoms with Crippen LogP contribution >= 0.6 is 11.6 Å². The zero-order chi connectivity index (χ0) is 27.9. The van der Waals surface area contributed by atoms with E-state index in [1.165, 1.54) is 12.3 Å². The molecule has 0 aliphatic rings. The second-order valence-electron chi connectivity index (χ2n) is 9.23. The molecule has 0 fully saturated rings. The Morgan fingerprint density at radius 2 is 1.67 bits per heavy atom. The van der Waals surface area contributed by atoms with Crippen LogP contribution in [-0.4, -0.2) is 39.2 Å². The SMILES string of the molecule is Cc1nc(C(F)F)cn1-c1ccc(-c2cccc(S(C)(=O)=O)c2)cc1-n1nncc1C(C)c1ccc(Cl)cc1. The lowest BCUT2D eigenvalue weighted by atomic mass is 9.98. The van der Waals surface area contributed by atoms with Gasteiger partial charge in [-0.1, -0.05) is 54.1 Å². The van der Waals surface area contributed by atoms with Gasteiger partial charge in [-0.3, -0.25) is 0 Å². The first kappa shape index (κ1) is 26.7. The number of halogens is 3. The van der Waals surface area contributed by atoms with Crippen molar-refractivity contribution in [2.45, 2.75) is 31.1 Å². The molecule has 5 aromatic rings. The van der Waals surface area contributed by atoms with Crippen LogP contribution in [0, 0.1) is 6.92 Å². The topological polar surface area (TPSA) is 82.7 Å². The highest BCUT2D eigenvalue weighted by Gasteiger charge is 2.22. The second kappa shape index (κ2) is 10.3. The predicted molar refractivity (Wildman–Crippen MR) is 146 cm³/mol. The van der Waals surface area contributed by atoms with Crippen molar-refractivity contribution >= 4 is 21.4 Å². The number of sulfone groups is 1. The fraction of sp³-hybridized carbons (Fsp3) is 0.179. The first-order chi connectivity index (χ1) is 18.5. The number of hydrogen-bond donors (Lipinski definition) is 0. The number of imidazole rings is 1. The smallest absolute Gasteiger partial charge is 0.281 e. The Morgan fingerprint density at radius 3 is 2.33 bits per heavy atom. The van der Waals surface area contributed by atoms with Gasteiger partial charge in [-0.05, 0) is 60.0 Å². The summed E-state index contributed by atoms with van der Waals surface area (Å²) >= 11 is 6.08. The highest BCUT2D eigenvalue weighted by Crippen LogP contribution is 2.33. The first-order valence-electron chi connectivity index (χ1n) is 12.0. The van der Waals surface area contributed by atoms with Crippen molar-refractivity contribution in [2.24, 2.45) is 0 Å². The van der Waals surface area contributed by atoms with Crippen LogP contribution in [0.4, 0.5) is 8.78 Å². The van der Waals surface area contributed by atoms with E-state index in [-0.39, 0.29) is 16.5 Å². The minimum atomic E-state index is -3.42. The first-order valence-corrected chi connectivity index (χ1v) is 14.3. The lowest BCUT2D eigenvalue weighted by molar-refractivity contribution is 0.146. The van der Waals surface area contributed by atoms with Crippen molar-refractivity contribution in [2.75, 3.05) is 6.26 Å². The molecule has 5 rings (SSSR count). The van der Waals surface area contributed by atoms with E-state index in [1.54, 1.807) is 46.6 Å². The fourth-order valence-corrected chi connectivity index (χ4v) is 5.27. The Morgan fingerprint density at radius 1 is 0.949 bits per heavy atom. The number of benzene rings is 3. The summed E-state index contributed by atoms with van der Waals surface area (Å²) in [6.07, 6.45) is 1.40. The quantitative estimate of drug-likeness (QED) is 0.222. The van der Waals surface area contributed by atoms with Gasteiger partial charge in [-0.25, -0.2) is 26.9 Å². The summed E-state index contributed by atoms with van der Waals surface area (Å²) in [5.74, 6) is 0.244. The maximum absolute atomic E-state index is 13.5. The number of hydrogen-bond acceptors (Lipinski definition) is 5. The molecule has 0 aliphatic heterocycles. The molecule has 0 bridgehead atoms. The van der Waals surface area contributed by atoms with Gasteiger partial charge in [0.25, 0.3) is 6.43 Å². The maximum Gasteiger partial charge on any atom is 0.281 e. The molecule has 200 valence electrons. The third-order valence-corrected chi connectivity index (χ3v) is 7.93. The molecule has 2 heterocycles. The molecule has 39 heavy (non-hydrogen) atoms. The van der Waals surface area contributed by atoms with Crippen LogP contribution in [0.3, 0.4) is 0 Å². The van der Waals surface area contributed by atoms with Crippen LogP contribution < -0.4 is 0 Å². The van der Waals surface area contributed by atoms with Crippen molar-refractivity contribution in [1.82, 2.24) is 24.5 Å². The molecule has 2 aromatic heterocycles. The fourth-order valence-electron chi connectivity index (χ4n) is 4.47. The Balaban J connectivity index is 1.71. The number of aromatic nitrogens is 5. The van der Waals surface area contributed by atoms with Gasteiger partial charge in [0.1, 0.15) is 11.5 Å². The van der Waals surface area contributed by atoms with E-state index in [0.29, 0.717) is 33.3 Å². The van der Waals surface area contributed by atoms with Gasteiger partial charge in [-0.2, -0.15) is 0 Å². The second-order valence-corrected chi connectivity index (χ2v) is 11.7. The third kappa shape index (κ3) is 5.35. The van der Waals surface area contributed by atoms with E-state index in [0.717, 1.165) is 17.5 Å². The zero-order valence-electron chi connectivity index (χ0n) is 21.3. The van der Waals surface area contributed by atoms with Gasteiger partial charge >= 0.3 is 0 Å². The van der Waals surface area contributed by atoms with Crippen molar-refractivity contribution < 1.29 is 17.2 Å². The number of rotatable bonds is 7. The van der Waals surface area contributed by atoms with Gasteiger partial charge in [0.2, 0.25) is 0 Å². The number of nitrogens with zero attached hydrogens (tertiary/aromatic N) is 5. The van der Waals surface area contributed by atoms with E-state index in [4.69, 9.17) is 11.6 Å². The van der Waals surface area contributed by atoms with Crippen LogP contribution in [0.2, 0.25) is 5.02 Å². The van der Waals surface area contributed by atoms with Crippen LogP contribution in [0.25, 0.3) is 22.5 Å². The number of alkyl halides is 2. The van der Waals surface area contributed by atoms with Crippen LogP contribution in [0.5, 0.6) is 0 Å². The van der Waals surface area contributed by atoms with Crippen molar-refractivity contribution in [3.8, 4) is 22.5 Å². The summed E-state index contributed by atoms with van der Waals surface area (Å²) in [6.45, 7) is 3.66. The third-order valence-electron chi connectivity index (χ3n) is 6.57. The monoisotopic (exact) mass is 567 g/mol. The minimum Gasteiger partial charge on any atom is -0.301 e. The molecule has 0 saturated carbocycles. The maximum atomic E-state index is 13.5. The van der Waals surface area contributed by atoms with E-state index in [2.05, 4.69) is 15.3 Å². The molecule has 7 nitrogen and oxygen atoms in total. The lowest BCUT2D eigenvalue weighted by Crippen LogP contribution is -2.11. The molecule has 1 atom stereocenters. The van der Waals surface area contributed by atoms with Crippen molar-refractivity contribution in [3.63, 3.8) is 0 Å². The number of aryl methyl sites for hydroxylation is 1. The molecule has 3 aromatic carbocycles. The molecule has 1 unspecified atom stereocenters. The molecule has 0 amide bonds. The van der Waals surface area contributed by atoms with Crippen LogP contribution in [-0.2, 0) is 9.84 Å². The summed E-state index contributed by atoms with van der Waals surface area (Å²) in [5, 5.41) is 9.15. The molecule has 0 N–H and O–H groups in total. The van der Waals surface area contributed by atoms with Gasteiger partial charge in [-0.15, -0.1) is 5.10 Å². The molecule has 0 spiro atoms. The van der Waals surface area contributed by atoms with Crippen molar-refractivity contribution in [1.29, 1.82) is 0 Å². The summed E-state index contributed by atoms with van der Waals surface area (Å²) in [7, 11) is -3.42. The van der Waals surface area contributed by atoms with Gasteiger partial charge < -0.3 is 4.57 Å². The van der Waals surface area contributed by atoms with Gasteiger partial charge in [0, 0.05) is 23.4 Å².